The van der Waals surface area contributed by atoms with Gasteiger partial charge in [-0.25, -0.2) is 4.98 Å². The number of carbonyl (C=O) groups excluding carboxylic acids is 1. The van der Waals surface area contributed by atoms with Crippen LogP contribution in [0.15, 0.2) is 18.3 Å². The van der Waals surface area contributed by atoms with Crippen molar-refractivity contribution in [3.63, 3.8) is 0 Å². The van der Waals surface area contributed by atoms with Crippen LogP contribution in [0.25, 0.3) is 0 Å². The van der Waals surface area contributed by atoms with Crippen molar-refractivity contribution in [2.75, 3.05) is 13.2 Å². The molecule has 2 rings (SSSR count). The molecule has 0 saturated heterocycles. The maximum atomic E-state index is 12.3. The molecule has 1 aromatic heterocycles. The smallest absolute Gasteiger partial charge is 0.253 e. The molecular formula is C19H30N2O3. The first-order chi connectivity index (χ1) is 11.3. The summed E-state index contributed by atoms with van der Waals surface area (Å²) in [4.78, 5) is 16.5. The van der Waals surface area contributed by atoms with Gasteiger partial charge in [0.05, 0.1) is 17.8 Å². The summed E-state index contributed by atoms with van der Waals surface area (Å²) in [6.07, 6.45) is 6.28. The molecule has 1 aromatic rings. The van der Waals surface area contributed by atoms with Crippen molar-refractivity contribution in [1.29, 1.82) is 0 Å². The highest BCUT2D eigenvalue weighted by Crippen LogP contribution is 2.24. The van der Waals surface area contributed by atoms with E-state index in [2.05, 4.69) is 17.2 Å². The van der Waals surface area contributed by atoms with Crippen molar-refractivity contribution in [2.24, 2.45) is 5.92 Å². The highest BCUT2D eigenvalue weighted by Gasteiger charge is 2.23. The Kier molecular flexibility index (Phi) is 6.60. The summed E-state index contributed by atoms with van der Waals surface area (Å²) < 4.78 is 11.1. The zero-order chi connectivity index (χ0) is 17.6. The molecule has 2 unspecified atom stereocenters. The van der Waals surface area contributed by atoms with Gasteiger partial charge in [0.2, 0.25) is 5.88 Å². The number of nitrogens with one attached hydrogen (secondary N) is 1. The van der Waals surface area contributed by atoms with Crippen molar-refractivity contribution in [3.05, 3.63) is 23.9 Å². The molecule has 0 aliphatic heterocycles. The fourth-order valence-corrected chi connectivity index (χ4v) is 2.88. The molecule has 0 aromatic carbocycles. The Balaban J connectivity index is 1.79. The summed E-state index contributed by atoms with van der Waals surface area (Å²) in [5.74, 6) is 1.00. The fraction of sp³-hybridized carbons (Fsp3) is 0.684. The lowest BCUT2D eigenvalue weighted by molar-refractivity contribution is -0.0168. The third-order valence-corrected chi connectivity index (χ3v) is 4.29. The molecule has 1 N–H and O–H groups in total. The van der Waals surface area contributed by atoms with Gasteiger partial charge in [-0.3, -0.25) is 4.79 Å². The molecule has 0 bridgehead atoms. The zero-order valence-corrected chi connectivity index (χ0v) is 15.3. The van der Waals surface area contributed by atoms with E-state index in [1.165, 1.54) is 19.3 Å². The van der Waals surface area contributed by atoms with E-state index in [1.807, 2.05) is 20.8 Å². The van der Waals surface area contributed by atoms with Gasteiger partial charge in [-0.15, -0.1) is 0 Å². The second-order valence-corrected chi connectivity index (χ2v) is 7.54. The van der Waals surface area contributed by atoms with E-state index in [0.29, 0.717) is 30.6 Å². The normalized spacial score (nSPS) is 21.3. The lowest BCUT2D eigenvalue weighted by Crippen LogP contribution is -2.41. The van der Waals surface area contributed by atoms with Crippen LogP contribution in [-0.2, 0) is 4.74 Å². The Morgan fingerprint density at radius 2 is 2.00 bits per heavy atom. The van der Waals surface area contributed by atoms with Crippen molar-refractivity contribution >= 4 is 5.91 Å². The minimum atomic E-state index is -0.172. The first-order valence-electron chi connectivity index (χ1n) is 8.89. The van der Waals surface area contributed by atoms with Gasteiger partial charge in [0.1, 0.15) is 6.61 Å². The topological polar surface area (TPSA) is 60.5 Å². The molecule has 134 valence electrons. The third-order valence-electron chi connectivity index (χ3n) is 4.29. The number of hydrogen-bond acceptors (Lipinski definition) is 4. The molecule has 5 heteroatoms. The second-order valence-electron chi connectivity index (χ2n) is 7.54. The van der Waals surface area contributed by atoms with Crippen LogP contribution in [0, 0.1) is 5.92 Å². The van der Waals surface area contributed by atoms with Crippen molar-refractivity contribution in [3.8, 4) is 5.88 Å². The van der Waals surface area contributed by atoms with Crippen LogP contribution in [0.4, 0.5) is 0 Å². The van der Waals surface area contributed by atoms with Gasteiger partial charge < -0.3 is 14.8 Å². The van der Waals surface area contributed by atoms with Crippen LogP contribution >= 0.6 is 0 Å². The predicted molar refractivity (Wildman–Crippen MR) is 94.3 cm³/mol. The molecule has 1 fully saturated rings. The molecule has 1 aliphatic carbocycles. The number of hydrogen-bond donors (Lipinski definition) is 1. The largest absolute Gasteiger partial charge is 0.475 e. The molecule has 1 saturated carbocycles. The number of nitrogens with zero attached hydrogens (tertiary/aromatic N) is 1. The van der Waals surface area contributed by atoms with Crippen LogP contribution in [0.3, 0.4) is 0 Å². The van der Waals surface area contributed by atoms with Crippen LogP contribution < -0.4 is 10.1 Å². The maximum Gasteiger partial charge on any atom is 0.253 e. The van der Waals surface area contributed by atoms with Gasteiger partial charge in [-0.05, 0) is 45.6 Å². The quantitative estimate of drug-likeness (QED) is 0.808. The Labute approximate surface area is 145 Å². The molecule has 24 heavy (non-hydrogen) atoms. The highest BCUT2D eigenvalue weighted by atomic mass is 16.5. The van der Waals surface area contributed by atoms with E-state index in [-0.39, 0.29) is 17.6 Å². The van der Waals surface area contributed by atoms with Gasteiger partial charge in [-0.2, -0.15) is 0 Å². The highest BCUT2D eigenvalue weighted by molar-refractivity contribution is 5.94. The summed E-state index contributed by atoms with van der Waals surface area (Å²) in [5, 5.41) is 3.13. The number of ether oxygens (including phenoxy) is 2. The van der Waals surface area contributed by atoms with E-state index in [1.54, 1.807) is 18.3 Å². The summed E-state index contributed by atoms with van der Waals surface area (Å²) >= 11 is 0. The van der Waals surface area contributed by atoms with Crippen molar-refractivity contribution in [1.82, 2.24) is 10.3 Å². The van der Waals surface area contributed by atoms with Gasteiger partial charge in [0, 0.05) is 18.3 Å². The number of aromatic nitrogens is 1. The average molecular weight is 334 g/mol. The van der Waals surface area contributed by atoms with Crippen molar-refractivity contribution < 1.29 is 14.3 Å². The summed E-state index contributed by atoms with van der Waals surface area (Å²) in [5.41, 5.74) is 0.403. The summed E-state index contributed by atoms with van der Waals surface area (Å²) in [6, 6.07) is 3.77. The Hall–Kier alpha value is -1.62. The molecule has 0 spiro atoms. The molecule has 1 amide bonds. The number of amides is 1. The van der Waals surface area contributed by atoms with Crippen LogP contribution in [0.2, 0.25) is 0 Å². The van der Waals surface area contributed by atoms with E-state index in [0.717, 1.165) is 6.42 Å². The molecule has 5 nitrogen and oxygen atoms in total. The average Bonchev–Trinajstić information content (AvgIpc) is 2.53. The van der Waals surface area contributed by atoms with Crippen LogP contribution in [0.5, 0.6) is 5.88 Å². The Morgan fingerprint density at radius 3 is 2.62 bits per heavy atom. The summed E-state index contributed by atoms with van der Waals surface area (Å²) in [7, 11) is 0. The minimum absolute atomic E-state index is 0.0520. The molecule has 2 atom stereocenters. The Morgan fingerprint density at radius 1 is 1.25 bits per heavy atom. The van der Waals surface area contributed by atoms with E-state index in [4.69, 9.17) is 9.47 Å². The van der Waals surface area contributed by atoms with E-state index >= 15 is 0 Å². The predicted octanol–water partition coefficient (Wildman–Crippen LogP) is 3.58. The molecular weight excluding hydrogens is 304 g/mol. The standard InChI is InChI=1S/C19H30N2O3/c1-14-7-5-6-8-16(14)21-18(22)15-9-10-17(20-13-15)23-11-12-24-19(2,3)4/h9-10,13-14,16H,5-8,11-12H2,1-4H3,(H,21,22). The lowest BCUT2D eigenvalue weighted by Gasteiger charge is -2.29. The molecule has 1 heterocycles. The van der Waals surface area contributed by atoms with Crippen LogP contribution in [-0.4, -0.2) is 35.7 Å². The molecule has 1 aliphatic rings. The first-order valence-corrected chi connectivity index (χ1v) is 8.89. The second kappa shape index (κ2) is 8.47. The lowest BCUT2D eigenvalue weighted by atomic mass is 9.86. The monoisotopic (exact) mass is 334 g/mol. The van der Waals surface area contributed by atoms with Crippen molar-refractivity contribution in [2.45, 2.75) is 65.0 Å². The van der Waals surface area contributed by atoms with E-state index < -0.39 is 0 Å². The SMILES string of the molecule is CC1CCCCC1NC(=O)c1ccc(OCCOC(C)(C)C)nc1. The van der Waals surface area contributed by atoms with Gasteiger partial charge in [-0.1, -0.05) is 19.8 Å². The summed E-state index contributed by atoms with van der Waals surface area (Å²) in [6.45, 7) is 9.17. The minimum Gasteiger partial charge on any atom is -0.475 e. The Bertz CT molecular complexity index is 522. The zero-order valence-electron chi connectivity index (χ0n) is 15.3. The fourth-order valence-electron chi connectivity index (χ4n) is 2.88. The molecule has 0 radical (unpaired) electrons. The number of carbonyl (C=O) groups is 1. The van der Waals surface area contributed by atoms with Gasteiger partial charge >= 0.3 is 0 Å². The van der Waals surface area contributed by atoms with Gasteiger partial charge in [0.25, 0.3) is 5.91 Å². The third kappa shape index (κ3) is 6.11. The maximum absolute atomic E-state index is 12.3. The first kappa shape index (κ1) is 18.7. The number of rotatable bonds is 6. The van der Waals surface area contributed by atoms with Gasteiger partial charge in [0.15, 0.2) is 0 Å². The number of pyridine rings is 1. The van der Waals surface area contributed by atoms with E-state index in [9.17, 15) is 4.79 Å². The van der Waals surface area contributed by atoms with Crippen LogP contribution in [0.1, 0.15) is 63.7 Å².